The second-order valence-electron chi connectivity index (χ2n) is 8.82. The number of pyridine rings is 1. The minimum absolute atomic E-state index is 0.0737. The van der Waals surface area contributed by atoms with Gasteiger partial charge in [-0.05, 0) is 69.4 Å². The summed E-state index contributed by atoms with van der Waals surface area (Å²) in [6.45, 7) is 4.52. The molecule has 32 heavy (non-hydrogen) atoms. The van der Waals surface area contributed by atoms with Gasteiger partial charge in [0.15, 0.2) is 6.61 Å². The Morgan fingerprint density at radius 1 is 1.41 bits per heavy atom. The second-order valence-corrected chi connectivity index (χ2v) is 8.82. The van der Waals surface area contributed by atoms with Crippen molar-refractivity contribution >= 4 is 24.0 Å². The Morgan fingerprint density at radius 3 is 2.88 bits per heavy atom. The van der Waals surface area contributed by atoms with E-state index in [1.165, 1.54) is 0 Å². The van der Waals surface area contributed by atoms with Gasteiger partial charge in [-0.25, -0.2) is 9.78 Å². The molecular formula is C24H34N4O4. The van der Waals surface area contributed by atoms with Crippen molar-refractivity contribution in [2.75, 3.05) is 36.5 Å². The Kier molecular flexibility index (Phi) is 8.74. The van der Waals surface area contributed by atoms with E-state index in [2.05, 4.69) is 21.1 Å². The highest BCUT2D eigenvalue weighted by atomic mass is 16.5. The molecule has 2 heterocycles. The van der Waals surface area contributed by atoms with Crippen molar-refractivity contribution in [3.05, 3.63) is 17.8 Å². The number of hydrogen-bond donors (Lipinski definition) is 2. The number of aliphatic hydroxyl groups excluding tert-OH is 1. The van der Waals surface area contributed by atoms with Crippen molar-refractivity contribution in [2.24, 2.45) is 5.92 Å². The van der Waals surface area contributed by atoms with E-state index < -0.39 is 6.09 Å². The van der Waals surface area contributed by atoms with Crippen LogP contribution >= 0.6 is 0 Å². The molecular weight excluding hydrogens is 408 g/mol. The lowest BCUT2D eigenvalue weighted by Crippen LogP contribution is -2.41. The lowest BCUT2D eigenvalue weighted by Gasteiger charge is -2.37. The SMILES string of the molecule is C#CCOC(=O)Nc1cnc(N2CCCC(CCN(C=O)C3CCC(O)CC3)C2)c(C)c1. The van der Waals surface area contributed by atoms with E-state index in [0.29, 0.717) is 11.6 Å². The van der Waals surface area contributed by atoms with E-state index in [1.807, 2.05) is 17.9 Å². The fourth-order valence-electron chi connectivity index (χ4n) is 4.76. The number of aromatic nitrogens is 1. The molecule has 1 aromatic heterocycles. The van der Waals surface area contributed by atoms with E-state index >= 15 is 0 Å². The van der Waals surface area contributed by atoms with Gasteiger partial charge in [0.25, 0.3) is 0 Å². The van der Waals surface area contributed by atoms with Crippen molar-refractivity contribution in [1.82, 2.24) is 9.88 Å². The van der Waals surface area contributed by atoms with Crippen LogP contribution in [0.5, 0.6) is 0 Å². The Hall–Kier alpha value is -2.79. The minimum Gasteiger partial charge on any atom is -0.436 e. The largest absolute Gasteiger partial charge is 0.436 e. The number of nitrogens with zero attached hydrogens (tertiary/aromatic N) is 3. The molecule has 0 aromatic carbocycles. The third-order valence-electron chi connectivity index (χ3n) is 6.47. The molecule has 2 N–H and O–H groups in total. The standard InChI is InChI=1S/C24H34N4O4/c1-3-13-32-24(31)26-20-14-18(2)23(25-15-20)27-11-4-5-19(16-27)10-12-28(17-29)21-6-8-22(30)9-7-21/h1,14-15,17,19,21-22,30H,4-13,16H2,2H3,(H,26,31). The van der Waals surface area contributed by atoms with Gasteiger partial charge < -0.3 is 19.6 Å². The maximum atomic E-state index is 11.7. The number of terminal acetylenes is 1. The van der Waals surface area contributed by atoms with Gasteiger partial charge in [0.2, 0.25) is 6.41 Å². The van der Waals surface area contributed by atoms with E-state index in [0.717, 1.165) is 82.4 Å². The molecule has 8 nitrogen and oxygen atoms in total. The summed E-state index contributed by atoms with van der Waals surface area (Å²) in [5, 5.41) is 12.4. The highest BCUT2D eigenvalue weighted by Gasteiger charge is 2.26. The van der Waals surface area contributed by atoms with E-state index in [1.54, 1.807) is 6.20 Å². The van der Waals surface area contributed by atoms with Crippen LogP contribution in [-0.4, -0.2) is 65.9 Å². The van der Waals surface area contributed by atoms with Crippen LogP contribution in [0.4, 0.5) is 16.3 Å². The van der Waals surface area contributed by atoms with Crippen LogP contribution in [-0.2, 0) is 9.53 Å². The zero-order valence-electron chi connectivity index (χ0n) is 18.8. The van der Waals surface area contributed by atoms with Gasteiger partial charge in [-0.1, -0.05) is 5.92 Å². The summed E-state index contributed by atoms with van der Waals surface area (Å²) < 4.78 is 4.83. The summed E-state index contributed by atoms with van der Waals surface area (Å²) in [5.74, 6) is 3.68. The van der Waals surface area contributed by atoms with Crippen molar-refractivity contribution in [3.8, 4) is 12.3 Å². The van der Waals surface area contributed by atoms with Crippen LogP contribution in [0.3, 0.4) is 0 Å². The van der Waals surface area contributed by atoms with E-state index in [-0.39, 0.29) is 18.8 Å². The summed E-state index contributed by atoms with van der Waals surface area (Å²) >= 11 is 0. The quantitative estimate of drug-likeness (QED) is 0.475. The molecule has 2 amide bonds. The van der Waals surface area contributed by atoms with Crippen molar-refractivity contribution in [1.29, 1.82) is 0 Å². The highest BCUT2D eigenvalue weighted by molar-refractivity contribution is 5.84. The molecule has 0 spiro atoms. The fraction of sp³-hybridized carbons (Fsp3) is 0.625. The zero-order chi connectivity index (χ0) is 22.9. The maximum absolute atomic E-state index is 11.7. The average Bonchev–Trinajstić information content (AvgIpc) is 2.79. The van der Waals surface area contributed by atoms with Gasteiger partial charge in [-0.3, -0.25) is 10.1 Å². The number of aliphatic hydroxyl groups is 1. The predicted octanol–water partition coefficient (Wildman–Crippen LogP) is 2.94. The number of piperidine rings is 1. The first-order valence-corrected chi connectivity index (χ1v) is 11.5. The monoisotopic (exact) mass is 442 g/mol. The summed E-state index contributed by atoms with van der Waals surface area (Å²) in [5.41, 5.74) is 1.55. The molecule has 2 aliphatic rings. The summed E-state index contributed by atoms with van der Waals surface area (Å²) in [4.78, 5) is 32.2. The summed E-state index contributed by atoms with van der Waals surface area (Å²) in [6, 6.07) is 2.14. The topological polar surface area (TPSA) is 95.0 Å². The summed E-state index contributed by atoms with van der Waals surface area (Å²) in [6.07, 6.45) is 13.4. The van der Waals surface area contributed by atoms with E-state index in [9.17, 15) is 14.7 Å². The zero-order valence-corrected chi connectivity index (χ0v) is 18.8. The fourth-order valence-corrected chi connectivity index (χ4v) is 4.76. The second kappa shape index (κ2) is 11.7. The van der Waals surface area contributed by atoms with Gasteiger partial charge in [0.05, 0.1) is 18.0 Å². The molecule has 174 valence electrons. The number of ether oxygens (including phenoxy) is 1. The molecule has 1 unspecified atom stereocenters. The van der Waals surface area contributed by atoms with Crippen molar-refractivity contribution < 1.29 is 19.4 Å². The highest BCUT2D eigenvalue weighted by Crippen LogP contribution is 2.28. The molecule has 0 radical (unpaired) electrons. The van der Waals surface area contributed by atoms with Crippen LogP contribution in [0.2, 0.25) is 0 Å². The van der Waals surface area contributed by atoms with E-state index in [4.69, 9.17) is 11.2 Å². The lowest BCUT2D eigenvalue weighted by molar-refractivity contribution is -0.121. The third-order valence-corrected chi connectivity index (χ3v) is 6.47. The van der Waals surface area contributed by atoms with Crippen molar-refractivity contribution in [3.63, 3.8) is 0 Å². The first-order chi connectivity index (χ1) is 15.5. The smallest absolute Gasteiger partial charge is 0.412 e. The third kappa shape index (κ3) is 6.60. The van der Waals surface area contributed by atoms with Crippen LogP contribution in [0.15, 0.2) is 12.3 Å². The molecule has 8 heteroatoms. The maximum Gasteiger partial charge on any atom is 0.412 e. The number of hydrogen-bond acceptors (Lipinski definition) is 6. The number of amides is 2. The molecule has 2 fully saturated rings. The van der Waals surface area contributed by atoms with Gasteiger partial charge in [-0.2, -0.15) is 0 Å². The molecule has 1 aliphatic carbocycles. The Bertz CT molecular complexity index is 817. The van der Waals surface area contributed by atoms with Crippen molar-refractivity contribution in [2.45, 2.75) is 64.0 Å². The number of nitrogens with one attached hydrogen (secondary N) is 1. The molecule has 1 aliphatic heterocycles. The summed E-state index contributed by atoms with van der Waals surface area (Å²) in [7, 11) is 0. The van der Waals surface area contributed by atoms with Crippen LogP contribution in [0.25, 0.3) is 0 Å². The molecule has 0 bridgehead atoms. The van der Waals surface area contributed by atoms with Gasteiger partial charge in [-0.15, -0.1) is 6.42 Å². The minimum atomic E-state index is -0.595. The Morgan fingerprint density at radius 2 is 2.19 bits per heavy atom. The number of rotatable bonds is 8. The number of aryl methyl sites for hydroxylation is 1. The number of carbonyl (C=O) groups excluding carboxylic acids is 2. The molecule has 1 saturated heterocycles. The van der Waals surface area contributed by atoms with Gasteiger partial charge in [0.1, 0.15) is 5.82 Å². The number of carbonyl (C=O) groups is 2. The Balaban J connectivity index is 1.53. The Labute approximate surface area is 190 Å². The van der Waals surface area contributed by atoms with Crippen LogP contribution in [0, 0.1) is 25.2 Å². The van der Waals surface area contributed by atoms with Gasteiger partial charge in [0, 0.05) is 25.7 Å². The number of anilines is 2. The first kappa shape index (κ1) is 23.9. The molecule has 1 aromatic rings. The molecule has 1 atom stereocenters. The van der Waals surface area contributed by atoms with Crippen LogP contribution < -0.4 is 10.2 Å². The van der Waals surface area contributed by atoms with Gasteiger partial charge >= 0.3 is 6.09 Å². The normalized spacial score (nSPS) is 23.2. The van der Waals surface area contributed by atoms with Crippen LogP contribution in [0.1, 0.15) is 50.5 Å². The average molecular weight is 443 g/mol. The molecule has 3 rings (SSSR count). The molecule has 1 saturated carbocycles. The first-order valence-electron chi connectivity index (χ1n) is 11.5. The lowest BCUT2D eigenvalue weighted by atomic mass is 9.91. The predicted molar refractivity (Wildman–Crippen MR) is 123 cm³/mol.